The summed E-state index contributed by atoms with van der Waals surface area (Å²) in [5.41, 5.74) is 2.86. The van der Waals surface area contributed by atoms with Gasteiger partial charge in [0.1, 0.15) is 12.2 Å². The molecule has 31 heavy (non-hydrogen) atoms. The number of ether oxygens (including phenoxy) is 4. The van der Waals surface area contributed by atoms with E-state index in [2.05, 4.69) is 41.3 Å². The minimum absolute atomic E-state index is 0.0221. The molecule has 0 amide bonds. The SMILES string of the molecule is CC1(C)OC[C@@H]2C(CN3CCC(Cc4ccccc4)CC3)=C[C@H]3OC(C)(C)O[C@H]3[C@@H]2O1. The molecule has 5 nitrogen and oxygen atoms in total. The molecule has 170 valence electrons. The fourth-order valence-corrected chi connectivity index (χ4v) is 5.70. The van der Waals surface area contributed by atoms with Crippen molar-refractivity contribution in [2.24, 2.45) is 11.8 Å². The third-order valence-corrected chi connectivity index (χ3v) is 7.25. The predicted molar refractivity (Wildman–Crippen MR) is 120 cm³/mol. The molecule has 0 radical (unpaired) electrons. The minimum Gasteiger partial charge on any atom is -0.350 e. The maximum atomic E-state index is 6.40. The van der Waals surface area contributed by atoms with Gasteiger partial charge in [-0.15, -0.1) is 0 Å². The average Bonchev–Trinajstić information content (AvgIpc) is 3.04. The van der Waals surface area contributed by atoms with Crippen LogP contribution in [-0.4, -0.2) is 61.0 Å². The Labute approximate surface area is 186 Å². The number of hydrogen-bond donors (Lipinski definition) is 0. The monoisotopic (exact) mass is 427 g/mol. The smallest absolute Gasteiger partial charge is 0.164 e. The van der Waals surface area contributed by atoms with E-state index in [1.165, 1.54) is 30.4 Å². The molecule has 0 saturated carbocycles. The lowest BCUT2D eigenvalue weighted by Gasteiger charge is -2.47. The van der Waals surface area contributed by atoms with Crippen LogP contribution in [0.3, 0.4) is 0 Å². The zero-order chi connectivity index (χ0) is 21.6. The first-order chi connectivity index (χ1) is 14.8. The highest BCUT2D eigenvalue weighted by atomic mass is 16.8. The summed E-state index contributed by atoms with van der Waals surface area (Å²) in [4.78, 5) is 2.60. The van der Waals surface area contributed by atoms with Crippen LogP contribution in [-0.2, 0) is 25.4 Å². The van der Waals surface area contributed by atoms with E-state index in [0.717, 1.165) is 25.6 Å². The van der Waals surface area contributed by atoms with Crippen LogP contribution in [0.2, 0.25) is 0 Å². The third-order valence-electron chi connectivity index (χ3n) is 7.25. The summed E-state index contributed by atoms with van der Waals surface area (Å²) in [6, 6.07) is 10.9. The zero-order valence-corrected chi connectivity index (χ0v) is 19.4. The van der Waals surface area contributed by atoms with Crippen LogP contribution in [0.5, 0.6) is 0 Å². The first-order valence-corrected chi connectivity index (χ1v) is 11.9. The molecule has 0 N–H and O–H groups in total. The molecule has 0 aromatic heterocycles. The number of fused-ring (bicyclic) bond motifs is 3. The summed E-state index contributed by atoms with van der Waals surface area (Å²) in [7, 11) is 0. The van der Waals surface area contributed by atoms with Crippen molar-refractivity contribution >= 4 is 0 Å². The fraction of sp³-hybridized carbons (Fsp3) is 0.692. The normalized spacial score (nSPS) is 35.3. The Balaban J connectivity index is 1.24. The highest BCUT2D eigenvalue weighted by molar-refractivity contribution is 5.23. The van der Waals surface area contributed by atoms with Crippen molar-refractivity contribution in [1.29, 1.82) is 0 Å². The average molecular weight is 428 g/mol. The first kappa shape index (κ1) is 21.6. The molecule has 3 aliphatic heterocycles. The molecule has 1 aromatic carbocycles. The lowest BCUT2D eigenvalue weighted by Crippen LogP contribution is -2.56. The van der Waals surface area contributed by atoms with E-state index in [9.17, 15) is 0 Å². The summed E-state index contributed by atoms with van der Waals surface area (Å²) in [6.45, 7) is 11.9. The fourth-order valence-electron chi connectivity index (χ4n) is 5.70. The number of benzene rings is 1. The molecular formula is C26H37NO4. The van der Waals surface area contributed by atoms with Crippen LogP contribution in [0.1, 0.15) is 46.1 Å². The summed E-state index contributed by atoms with van der Waals surface area (Å²) < 4.78 is 25.0. The molecule has 5 heteroatoms. The van der Waals surface area contributed by atoms with Crippen molar-refractivity contribution in [3.8, 4) is 0 Å². The van der Waals surface area contributed by atoms with Gasteiger partial charge in [0.2, 0.25) is 0 Å². The van der Waals surface area contributed by atoms with E-state index >= 15 is 0 Å². The molecule has 3 fully saturated rings. The maximum absolute atomic E-state index is 6.40. The van der Waals surface area contributed by atoms with E-state index in [-0.39, 0.29) is 24.2 Å². The van der Waals surface area contributed by atoms with E-state index in [0.29, 0.717) is 6.61 Å². The van der Waals surface area contributed by atoms with E-state index in [1.54, 1.807) is 0 Å². The second-order valence-electron chi connectivity index (χ2n) is 10.6. The summed E-state index contributed by atoms with van der Waals surface area (Å²) in [5.74, 6) is -0.146. The van der Waals surface area contributed by atoms with Gasteiger partial charge in [0.05, 0.1) is 12.7 Å². The lowest BCUT2D eigenvalue weighted by atomic mass is 9.80. The van der Waals surface area contributed by atoms with Crippen LogP contribution in [0.15, 0.2) is 42.0 Å². The molecule has 4 atom stereocenters. The Bertz CT molecular complexity index is 797. The van der Waals surface area contributed by atoms with E-state index in [1.807, 2.05) is 27.7 Å². The van der Waals surface area contributed by atoms with Gasteiger partial charge in [-0.1, -0.05) is 36.4 Å². The zero-order valence-electron chi connectivity index (χ0n) is 19.4. The highest BCUT2D eigenvalue weighted by Crippen LogP contribution is 2.44. The Morgan fingerprint density at radius 2 is 1.61 bits per heavy atom. The minimum atomic E-state index is -0.583. The molecule has 1 aliphatic carbocycles. The van der Waals surface area contributed by atoms with Gasteiger partial charge >= 0.3 is 0 Å². The van der Waals surface area contributed by atoms with Gasteiger partial charge in [0.25, 0.3) is 0 Å². The van der Waals surface area contributed by atoms with Crippen molar-refractivity contribution in [1.82, 2.24) is 4.90 Å². The molecule has 0 unspecified atom stereocenters. The van der Waals surface area contributed by atoms with Gasteiger partial charge < -0.3 is 18.9 Å². The van der Waals surface area contributed by atoms with Crippen molar-refractivity contribution in [3.05, 3.63) is 47.5 Å². The Hall–Kier alpha value is -1.24. The Kier molecular flexibility index (Phi) is 5.76. The van der Waals surface area contributed by atoms with Crippen molar-refractivity contribution in [2.45, 2.75) is 76.8 Å². The van der Waals surface area contributed by atoms with Crippen LogP contribution in [0.4, 0.5) is 0 Å². The maximum Gasteiger partial charge on any atom is 0.164 e. The molecule has 3 saturated heterocycles. The molecule has 3 heterocycles. The number of piperidine rings is 1. The molecule has 0 spiro atoms. The first-order valence-electron chi connectivity index (χ1n) is 11.9. The highest BCUT2D eigenvalue weighted by Gasteiger charge is 2.54. The van der Waals surface area contributed by atoms with Gasteiger partial charge in [-0.2, -0.15) is 0 Å². The topological polar surface area (TPSA) is 40.2 Å². The lowest BCUT2D eigenvalue weighted by molar-refractivity contribution is -0.309. The second kappa shape index (κ2) is 8.27. The van der Waals surface area contributed by atoms with Gasteiger partial charge in [-0.25, -0.2) is 0 Å². The number of hydrogen-bond acceptors (Lipinski definition) is 5. The van der Waals surface area contributed by atoms with Crippen LogP contribution in [0.25, 0.3) is 0 Å². The quantitative estimate of drug-likeness (QED) is 0.675. The summed E-state index contributed by atoms with van der Waals surface area (Å²) >= 11 is 0. The van der Waals surface area contributed by atoms with Gasteiger partial charge in [-0.05, 0) is 77.1 Å². The third kappa shape index (κ3) is 4.76. The molecule has 5 rings (SSSR count). The second-order valence-corrected chi connectivity index (χ2v) is 10.6. The van der Waals surface area contributed by atoms with Crippen molar-refractivity contribution in [2.75, 3.05) is 26.2 Å². The van der Waals surface area contributed by atoms with Crippen LogP contribution < -0.4 is 0 Å². The van der Waals surface area contributed by atoms with E-state index in [4.69, 9.17) is 18.9 Å². The standard InChI is InChI=1S/C26H37NO4/c1-25(2)28-17-21-20(15-22-24(23(21)30-25)31-26(3,4)29-22)16-27-12-10-19(11-13-27)14-18-8-6-5-7-9-18/h5-9,15,19,21-24H,10-14,16-17H2,1-4H3/t21-,22-,23-,24-/m1/s1. The predicted octanol–water partition coefficient (Wildman–Crippen LogP) is 4.17. The largest absolute Gasteiger partial charge is 0.350 e. The Morgan fingerprint density at radius 3 is 2.35 bits per heavy atom. The summed E-state index contributed by atoms with van der Waals surface area (Å²) in [6.07, 6.45) is 5.89. The number of rotatable bonds is 4. The van der Waals surface area contributed by atoms with Gasteiger partial charge in [-0.3, -0.25) is 4.90 Å². The molecule has 4 aliphatic rings. The van der Waals surface area contributed by atoms with Crippen molar-refractivity contribution in [3.63, 3.8) is 0 Å². The molecule has 1 aromatic rings. The van der Waals surface area contributed by atoms with Gasteiger partial charge in [0, 0.05) is 12.5 Å². The Morgan fingerprint density at radius 1 is 0.903 bits per heavy atom. The number of likely N-dealkylation sites (tertiary alicyclic amines) is 1. The van der Waals surface area contributed by atoms with E-state index < -0.39 is 11.6 Å². The van der Waals surface area contributed by atoms with Crippen molar-refractivity contribution < 1.29 is 18.9 Å². The van der Waals surface area contributed by atoms with Crippen LogP contribution >= 0.6 is 0 Å². The van der Waals surface area contributed by atoms with Gasteiger partial charge in [0.15, 0.2) is 11.6 Å². The molecular weight excluding hydrogens is 390 g/mol. The van der Waals surface area contributed by atoms with Crippen LogP contribution in [0, 0.1) is 11.8 Å². The summed E-state index contributed by atoms with van der Waals surface area (Å²) in [5, 5.41) is 0. The molecule has 0 bridgehead atoms. The number of nitrogens with zero attached hydrogens (tertiary/aromatic N) is 1.